The highest BCUT2D eigenvalue weighted by molar-refractivity contribution is 5.89. The van der Waals surface area contributed by atoms with Crippen LogP contribution in [0.1, 0.15) is 25.5 Å². The number of fused-ring (bicyclic) bond motifs is 1. The molecular weight excluding hydrogens is 240 g/mol. The Morgan fingerprint density at radius 3 is 2.84 bits per heavy atom. The fourth-order valence-corrected chi connectivity index (χ4v) is 2.19. The van der Waals surface area contributed by atoms with E-state index in [-0.39, 0.29) is 0 Å². The average Bonchev–Trinajstić information content (AvgIpc) is 3.05. The summed E-state index contributed by atoms with van der Waals surface area (Å²) >= 11 is 0. The molecule has 0 fully saturated rings. The molecule has 3 rings (SSSR count). The van der Waals surface area contributed by atoms with Gasteiger partial charge in [0.2, 0.25) is 5.82 Å². The summed E-state index contributed by atoms with van der Waals surface area (Å²) in [6.07, 6.45) is 1.88. The highest BCUT2D eigenvalue weighted by atomic mass is 15.5. The molecule has 2 aromatic heterocycles. The average molecular weight is 252 g/mol. The number of aromatic nitrogens is 5. The van der Waals surface area contributed by atoms with Crippen LogP contribution in [0.2, 0.25) is 0 Å². The molecule has 0 aliphatic rings. The standard InChI is InChI=1S/C13H12N6/c1-8(2)19-7-10(6-14)11-5-9(3-4-12(11)19)13-15-17-18-16-13/h3-5,7-8H,1-2H3,(H,15,16,17,18). The summed E-state index contributed by atoms with van der Waals surface area (Å²) in [4.78, 5) is 0. The minimum atomic E-state index is 0.306. The fourth-order valence-electron chi connectivity index (χ4n) is 2.19. The van der Waals surface area contributed by atoms with Crippen molar-refractivity contribution in [3.63, 3.8) is 0 Å². The highest BCUT2D eigenvalue weighted by Gasteiger charge is 2.12. The molecular formula is C13H12N6. The van der Waals surface area contributed by atoms with Crippen LogP contribution in [0.5, 0.6) is 0 Å². The monoisotopic (exact) mass is 252 g/mol. The molecule has 0 saturated carbocycles. The number of nitriles is 1. The van der Waals surface area contributed by atoms with Crippen molar-refractivity contribution in [2.45, 2.75) is 19.9 Å². The van der Waals surface area contributed by atoms with Gasteiger partial charge in [0.15, 0.2) is 0 Å². The Morgan fingerprint density at radius 1 is 1.37 bits per heavy atom. The van der Waals surface area contributed by atoms with Gasteiger partial charge in [-0.3, -0.25) is 0 Å². The molecule has 0 aliphatic heterocycles. The van der Waals surface area contributed by atoms with Crippen LogP contribution in [-0.2, 0) is 0 Å². The Morgan fingerprint density at radius 2 is 2.21 bits per heavy atom. The van der Waals surface area contributed by atoms with Crippen LogP contribution in [0.25, 0.3) is 22.3 Å². The van der Waals surface area contributed by atoms with Crippen LogP contribution < -0.4 is 0 Å². The van der Waals surface area contributed by atoms with E-state index in [1.54, 1.807) is 0 Å². The molecule has 0 amide bonds. The Balaban J connectivity index is 2.26. The molecule has 1 aromatic carbocycles. The second kappa shape index (κ2) is 4.21. The van der Waals surface area contributed by atoms with Crippen molar-refractivity contribution in [3.05, 3.63) is 30.0 Å². The normalized spacial score (nSPS) is 11.1. The summed E-state index contributed by atoms with van der Waals surface area (Å²) in [6, 6.07) is 8.39. The molecule has 0 saturated heterocycles. The van der Waals surface area contributed by atoms with E-state index >= 15 is 0 Å². The van der Waals surface area contributed by atoms with Crippen LogP contribution in [0.4, 0.5) is 0 Å². The van der Waals surface area contributed by atoms with Gasteiger partial charge in [0.1, 0.15) is 6.07 Å². The summed E-state index contributed by atoms with van der Waals surface area (Å²) in [5.74, 6) is 0.531. The predicted molar refractivity (Wildman–Crippen MR) is 70.2 cm³/mol. The van der Waals surface area contributed by atoms with Gasteiger partial charge >= 0.3 is 0 Å². The van der Waals surface area contributed by atoms with Gasteiger partial charge < -0.3 is 4.57 Å². The van der Waals surface area contributed by atoms with E-state index in [2.05, 4.69) is 45.1 Å². The predicted octanol–water partition coefficient (Wildman–Crippen LogP) is 2.27. The molecule has 0 spiro atoms. The maximum atomic E-state index is 9.24. The zero-order valence-corrected chi connectivity index (χ0v) is 10.6. The number of tetrazole rings is 1. The molecule has 6 nitrogen and oxygen atoms in total. The number of nitrogens with one attached hydrogen (secondary N) is 1. The molecule has 0 radical (unpaired) electrons. The van der Waals surface area contributed by atoms with E-state index in [4.69, 9.17) is 0 Å². The molecule has 1 N–H and O–H groups in total. The van der Waals surface area contributed by atoms with Crippen molar-refractivity contribution < 1.29 is 0 Å². The highest BCUT2D eigenvalue weighted by Crippen LogP contribution is 2.27. The van der Waals surface area contributed by atoms with E-state index in [1.807, 2.05) is 24.4 Å². The summed E-state index contributed by atoms with van der Waals surface area (Å²) in [6.45, 7) is 4.18. The molecule has 94 valence electrons. The largest absolute Gasteiger partial charge is 0.344 e. The van der Waals surface area contributed by atoms with E-state index in [9.17, 15) is 5.26 Å². The SMILES string of the molecule is CC(C)n1cc(C#N)c2cc(-c3nn[nH]n3)ccc21. The summed E-state index contributed by atoms with van der Waals surface area (Å²) in [7, 11) is 0. The number of hydrogen-bond donors (Lipinski definition) is 1. The lowest BCUT2D eigenvalue weighted by Crippen LogP contribution is -1.97. The minimum absolute atomic E-state index is 0.306. The maximum absolute atomic E-state index is 9.24. The lowest BCUT2D eigenvalue weighted by Gasteiger charge is -2.08. The Kier molecular flexibility index (Phi) is 2.53. The van der Waals surface area contributed by atoms with Gasteiger partial charge in [0.25, 0.3) is 0 Å². The topological polar surface area (TPSA) is 83.2 Å². The Hall–Kier alpha value is -2.68. The van der Waals surface area contributed by atoms with E-state index in [0.717, 1.165) is 16.5 Å². The zero-order valence-electron chi connectivity index (χ0n) is 10.6. The first-order valence-corrected chi connectivity index (χ1v) is 5.99. The Labute approximate surface area is 109 Å². The van der Waals surface area contributed by atoms with Gasteiger partial charge in [-0.25, -0.2) is 0 Å². The number of rotatable bonds is 2. The van der Waals surface area contributed by atoms with Gasteiger partial charge in [-0.05, 0) is 37.3 Å². The number of H-pyrrole nitrogens is 1. The minimum Gasteiger partial charge on any atom is -0.344 e. The fraction of sp³-hybridized carbons (Fsp3) is 0.231. The van der Waals surface area contributed by atoms with E-state index in [0.29, 0.717) is 17.4 Å². The van der Waals surface area contributed by atoms with Crippen molar-refractivity contribution in [3.8, 4) is 17.5 Å². The van der Waals surface area contributed by atoms with Crippen molar-refractivity contribution in [2.24, 2.45) is 0 Å². The molecule has 0 aliphatic carbocycles. The third-order valence-electron chi connectivity index (χ3n) is 3.11. The lowest BCUT2D eigenvalue weighted by atomic mass is 10.1. The summed E-state index contributed by atoms with van der Waals surface area (Å²) in [5, 5.41) is 24.0. The summed E-state index contributed by atoms with van der Waals surface area (Å²) in [5.41, 5.74) is 2.55. The van der Waals surface area contributed by atoms with Gasteiger partial charge in [-0.1, -0.05) is 0 Å². The first kappa shape index (κ1) is 11.4. The van der Waals surface area contributed by atoms with Gasteiger partial charge in [0, 0.05) is 28.7 Å². The molecule has 0 atom stereocenters. The van der Waals surface area contributed by atoms with Crippen LogP contribution >= 0.6 is 0 Å². The molecule has 6 heteroatoms. The number of hydrogen-bond acceptors (Lipinski definition) is 4. The van der Waals surface area contributed by atoms with Gasteiger partial charge in [-0.15, -0.1) is 10.2 Å². The van der Waals surface area contributed by atoms with Crippen molar-refractivity contribution in [1.82, 2.24) is 25.2 Å². The Bertz CT molecular complexity index is 760. The molecule has 0 bridgehead atoms. The zero-order chi connectivity index (χ0) is 13.4. The van der Waals surface area contributed by atoms with Crippen molar-refractivity contribution in [1.29, 1.82) is 5.26 Å². The van der Waals surface area contributed by atoms with Gasteiger partial charge in [-0.2, -0.15) is 10.5 Å². The number of benzene rings is 1. The summed E-state index contributed by atoms with van der Waals surface area (Å²) < 4.78 is 2.09. The maximum Gasteiger partial charge on any atom is 0.204 e. The van der Waals surface area contributed by atoms with Crippen LogP contribution in [-0.4, -0.2) is 25.2 Å². The first-order chi connectivity index (χ1) is 9.20. The molecule has 19 heavy (non-hydrogen) atoms. The molecule has 2 heterocycles. The van der Waals surface area contributed by atoms with Crippen LogP contribution in [0.15, 0.2) is 24.4 Å². The quantitative estimate of drug-likeness (QED) is 0.758. The van der Waals surface area contributed by atoms with Crippen LogP contribution in [0.3, 0.4) is 0 Å². The third kappa shape index (κ3) is 1.76. The second-order valence-corrected chi connectivity index (χ2v) is 4.62. The number of aromatic amines is 1. The van der Waals surface area contributed by atoms with Gasteiger partial charge in [0.05, 0.1) is 5.56 Å². The first-order valence-electron chi connectivity index (χ1n) is 5.99. The second-order valence-electron chi connectivity index (χ2n) is 4.62. The van der Waals surface area contributed by atoms with Crippen molar-refractivity contribution >= 4 is 10.9 Å². The van der Waals surface area contributed by atoms with Crippen molar-refractivity contribution in [2.75, 3.05) is 0 Å². The van der Waals surface area contributed by atoms with Crippen LogP contribution in [0, 0.1) is 11.3 Å². The smallest absolute Gasteiger partial charge is 0.204 e. The number of nitrogens with zero attached hydrogens (tertiary/aromatic N) is 5. The van der Waals surface area contributed by atoms with E-state index < -0.39 is 0 Å². The molecule has 0 unspecified atom stereocenters. The van der Waals surface area contributed by atoms with E-state index in [1.165, 1.54) is 0 Å². The lowest BCUT2D eigenvalue weighted by molar-refractivity contribution is 0.622. The molecule has 3 aromatic rings. The third-order valence-corrected chi connectivity index (χ3v) is 3.11.